The average molecular weight is 393 g/mol. The molecule has 29 heavy (non-hydrogen) atoms. The van der Waals surface area contributed by atoms with Crippen LogP contribution in [0.1, 0.15) is 30.9 Å². The maximum atomic E-state index is 13.3. The van der Waals surface area contributed by atoms with Gasteiger partial charge in [-0.25, -0.2) is 4.98 Å². The number of piperazine rings is 1. The van der Waals surface area contributed by atoms with Crippen molar-refractivity contribution in [3.05, 3.63) is 66.0 Å². The summed E-state index contributed by atoms with van der Waals surface area (Å²) in [6, 6.07) is 9.71. The highest BCUT2D eigenvalue weighted by Gasteiger charge is 2.34. The molecule has 3 aromatic heterocycles. The number of imidazole rings is 1. The summed E-state index contributed by atoms with van der Waals surface area (Å²) >= 11 is 0. The number of rotatable bonds is 5. The van der Waals surface area contributed by atoms with Gasteiger partial charge in [0.2, 0.25) is 5.91 Å². The van der Waals surface area contributed by atoms with Gasteiger partial charge >= 0.3 is 0 Å². The molecule has 1 amide bonds. The summed E-state index contributed by atoms with van der Waals surface area (Å²) in [4.78, 5) is 24.5. The van der Waals surface area contributed by atoms with Gasteiger partial charge in [-0.2, -0.15) is 0 Å². The zero-order valence-corrected chi connectivity index (χ0v) is 17.2. The molecule has 0 saturated carbocycles. The maximum absolute atomic E-state index is 13.3. The van der Waals surface area contributed by atoms with Crippen molar-refractivity contribution >= 4 is 11.4 Å². The van der Waals surface area contributed by atoms with E-state index in [1.807, 2.05) is 50.5 Å². The fourth-order valence-corrected chi connectivity index (χ4v) is 3.97. The van der Waals surface area contributed by atoms with Crippen molar-refractivity contribution in [2.24, 2.45) is 0 Å². The topological polar surface area (TPSA) is 74.6 Å². The number of carbonyl (C=O) groups excluding carboxylic acids is 1. The summed E-state index contributed by atoms with van der Waals surface area (Å²) in [5.41, 5.74) is 2.58. The SMILES string of the molecule is Cc1cccn2c(C(C)(C)NC(=O)[C@H]3CNCCN3Cc3ccccn3)ncc12. The first-order valence-electron chi connectivity index (χ1n) is 10.1. The highest BCUT2D eigenvalue weighted by Crippen LogP contribution is 2.22. The molecule has 1 aliphatic heterocycles. The highest BCUT2D eigenvalue weighted by molar-refractivity contribution is 5.83. The summed E-state index contributed by atoms with van der Waals surface area (Å²) < 4.78 is 2.06. The molecule has 0 radical (unpaired) electrons. The van der Waals surface area contributed by atoms with E-state index < -0.39 is 5.54 Å². The van der Waals surface area contributed by atoms with Crippen LogP contribution in [0.5, 0.6) is 0 Å². The Morgan fingerprint density at radius 2 is 2.14 bits per heavy atom. The zero-order chi connectivity index (χ0) is 20.4. The van der Waals surface area contributed by atoms with Gasteiger partial charge in [0.15, 0.2) is 0 Å². The summed E-state index contributed by atoms with van der Waals surface area (Å²) in [6.07, 6.45) is 5.66. The third-order valence-electron chi connectivity index (χ3n) is 5.53. The van der Waals surface area contributed by atoms with Crippen molar-refractivity contribution in [1.29, 1.82) is 0 Å². The molecule has 0 spiro atoms. The molecule has 4 heterocycles. The molecule has 1 saturated heterocycles. The molecule has 0 unspecified atom stereocenters. The minimum Gasteiger partial charge on any atom is -0.343 e. The van der Waals surface area contributed by atoms with Gasteiger partial charge in [-0.1, -0.05) is 12.1 Å². The van der Waals surface area contributed by atoms with Crippen LogP contribution in [-0.2, 0) is 16.9 Å². The monoisotopic (exact) mass is 392 g/mol. The van der Waals surface area contributed by atoms with E-state index in [1.165, 1.54) is 0 Å². The van der Waals surface area contributed by atoms with Crippen molar-refractivity contribution in [3.8, 4) is 0 Å². The number of carbonyl (C=O) groups is 1. The molecule has 4 rings (SSSR count). The zero-order valence-electron chi connectivity index (χ0n) is 17.2. The first-order valence-corrected chi connectivity index (χ1v) is 10.1. The molecule has 7 nitrogen and oxygen atoms in total. The lowest BCUT2D eigenvalue weighted by atomic mass is 10.0. The minimum absolute atomic E-state index is 0.00235. The van der Waals surface area contributed by atoms with Crippen molar-refractivity contribution < 1.29 is 4.79 Å². The Bertz CT molecular complexity index is 997. The predicted molar refractivity (Wildman–Crippen MR) is 112 cm³/mol. The Kier molecular flexibility index (Phi) is 5.34. The summed E-state index contributed by atoms with van der Waals surface area (Å²) in [6.45, 7) is 9.02. The molecule has 152 valence electrons. The number of hydrogen-bond acceptors (Lipinski definition) is 5. The van der Waals surface area contributed by atoms with Gasteiger partial charge < -0.3 is 15.0 Å². The van der Waals surface area contributed by atoms with Gasteiger partial charge in [-0.05, 0) is 44.5 Å². The quantitative estimate of drug-likeness (QED) is 0.693. The Balaban J connectivity index is 1.53. The van der Waals surface area contributed by atoms with E-state index in [4.69, 9.17) is 0 Å². The number of nitrogens with zero attached hydrogens (tertiary/aromatic N) is 4. The van der Waals surface area contributed by atoms with Crippen LogP contribution in [0.25, 0.3) is 5.52 Å². The molecule has 7 heteroatoms. The van der Waals surface area contributed by atoms with Crippen LogP contribution in [0.4, 0.5) is 0 Å². The first kappa shape index (κ1) is 19.5. The second kappa shape index (κ2) is 7.93. The second-order valence-corrected chi connectivity index (χ2v) is 8.15. The first-order chi connectivity index (χ1) is 14.0. The smallest absolute Gasteiger partial charge is 0.239 e. The van der Waals surface area contributed by atoms with Gasteiger partial charge in [0, 0.05) is 38.6 Å². The summed E-state index contributed by atoms with van der Waals surface area (Å²) in [5, 5.41) is 6.58. The fourth-order valence-electron chi connectivity index (χ4n) is 3.97. The summed E-state index contributed by atoms with van der Waals surface area (Å²) in [5.74, 6) is 0.826. The van der Waals surface area contributed by atoms with Crippen LogP contribution in [0, 0.1) is 6.92 Å². The van der Waals surface area contributed by atoms with Crippen molar-refractivity contribution in [1.82, 2.24) is 29.9 Å². The van der Waals surface area contributed by atoms with Gasteiger partial charge in [0.25, 0.3) is 0 Å². The second-order valence-electron chi connectivity index (χ2n) is 8.15. The number of aryl methyl sites for hydroxylation is 1. The van der Waals surface area contributed by atoms with Crippen molar-refractivity contribution in [2.45, 2.75) is 38.9 Å². The van der Waals surface area contributed by atoms with E-state index >= 15 is 0 Å². The van der Waals surface area contributed by atoms with Gasteiger partial charge in [-0.15, -0.1) is 0 Å². The number of fused-ring (bicyclic) bond motifs is 1. The maximum Gasteiger partial charge on any atom is 0.239 e. The van der Waals surface area contributed by atoms with Crippen LogP contribution in [0.15, 0.2) is 48.9 Å². The lowest BCUT2D eigenvalue weighted by Crippen LogP contribution is -2.59. The van der Waals surface area contributed by atoms with Crippen molar-refractivity contribution in [2.75, 3.05) is 19.6 Å². The molecule has 0 bridgehead atoms. The number of aromatic nitrogens is 3. The van der Waals surface area contributed by atoms with Crippen LogP contribution < -0.4 is 10.6 Å². The molecular weight excluding hydrogens is 364 g/mol. The third-order valence-corrected chi connectivity index (χ3v) is 5.53. The molecule has 3 aromatic rings. The predicted octanol–water partition coefficient (Wildman–Crippen LogP) is 1.86. The molecule has 2 N–H and O–H groups in total. The number of amides is 1. The highest BCUT2D eigenvalue weighted by atomic mass is 16.2. The number of nitrogens with one attached hydrogen (secondary N) is 2. The lowest BCUT2D eigenvalue weighted by molar-refractivity contribution is -0.129. The number of hydrogen-bond donors (Lipinski definition) is 2. The van der Waals surface area contributed by atoms with Gasteiger partial charge in [0.05, 0.1) is 22.9 Å². The lowest BCUT2D eigenvalue weighted by Gasteiger charge is -2.37. The van der Waals surface area contributed by atoms with Crippen LogP contribution >= 0.6 is 0 Å². The van der Waals surface area contributed by atoms with E-state index in [1.54, 1.807) is 6.20 Å². The minimum atomic E-state index is -0.606. The summed E-state index contributed by atoms with van der Waals surface area (Å²) in [7, 11) is 0. The Morgan fingerprint density at radius 1 is 1.28 bits per heavy atom. The van der Waals surface area contributed by atoms with Crippen LogP contribution in [0.3, 0.4) is 0 Å². The molecule has 1 atom stereocenters. The van der Waals surface area contributed by atoms with E-state index in [0.29, 0.717) is 13.1 Å². The fraction of sp³-hybridized carbons (Fsp3) is 0.409. The van der Waals surface area contributed by atoms with E-state index in [2.05, 4.69) is 42.9 Å². The molecule has 0 aliphatic carbocycles. The molecule has 1 fully saturated rings. The van der Waals surface area contributed by atoms with Crippen LogP contribution in [0.2, 0.25) is 0 Å². The van der Waals surface area contributed by atoms with Gasteiger partial charge in [-0.3, -0.25) is 14.7 Å². The average Bonchev–Trinajstić information content (AvgIpc) is 3.15. The largest absolute Gasteiger partial charge is 0.343 e. The van der Waals surface area contributed by atoms with E-state index in [9.17, 15) is 4.79 Å². The normalized spacial score (nSPS) is 18.1. The van der Waals surface area contributed by atoms with E-state index in [-0.39, 0.29) is 11.9 Å². The Morgan fingerprint density at radius 3 is 2.93 bits per heavy atom. The van der Waals surface area contributed by atoms with Gasteiger partial charge in [0.1, 0.15) is 11.9 Å². The van der Waals surface area contributed by atoms with Crippen molar-refractivity contribution in [3.63, 3.8) is 0 Å². The van der Waals surface area contributed by atoms with Crippen LogP contribution in [-0.4, -0.2) is 50.9 Å². The Labute approximate surface area is 171 Å². The number of pyridine rings is 2. The standard InChI is InChI=1S/C22H28N6O/c1-16-7-6-11-28-18(16)14-25-21(28)22(2,3)26-20(29)19-13-23-10-12-27(19)15-17-8-4-5-9-24-17/h4-9,11,14,19,23H,10,12-13,15H2,1-3H3,(H,26,29)/t19-/m1/s1. The van der Waals surface area contributed by atoms with E-state index in [0.717, 1.165) is 35.7 Å². The molecule has 1 aliphatic rings. The molecule has 0 aromatic carbocycles. The third kappa shape index (κ3) is 4.02. The Hall–Kier alpha value is -2.77. The molecular formula is C22H28N6O.